The first-order valence-corrected chi connectivity index (χ1v) is 11.7. The van der Waals surface area contributed by atoms with Gasteiger partial charge in [-0.1, -0.05) is 30.3 Å². The number of amides is 2. The van der Waals surface area contributed by atoms with Gasteiger partial charge in [0.15, 0.2) is 0 Å². The van der Waals surface area contributed by atoms with Gasteiger partial charge in [0.1, 0.15) is 18.7 Å². The van der Waals surface area contributed by atoms with Crippen molar-refractivity contribution in [3.63, 3.8) is 0 Å². The van der Waals surface area contributed by atoms with E-state index in [1.165, 1.54) is 4.90 Å². The number of alkyl carbamates (subject to hydrolysis) is 1. The molecule has 1 saturated heterocycles. The molecule has 0 bridgehead atoms. The minimum absolute atomic E-state index is 0.188. The summed E-state index contributed by atoms with van der Waals surface area (Å²) in [5, 5.41) is 15.0. The number of likely N-dealkylation sites (tertiary alicyclic amines) is 1. The summed E-state index contributed by atoms with van der Waals surface area (Å²) in [6, 6.07) is 7.09. The number of carboxylic acid groups (broad SMARTS) is 1. The Labute approximate surface area is 200 Å². The van der Waals surface area contributed by atoms with Crippen LogP contribution in [-0.2, 0) is 30.5 Å². The molecule has 1 heterocycles. The number of aliphatic carboxylic acids is 1. The molecule has 0 aromatic heterocycles. The maximum absolute atomic E-state index is 12.8. The molecule has 0 aliphatic carbocycles. The Morgan fingerprint density at radius 2 is 1.88 bits per heavy atom. The van der Waals surface area contributed by atoms with Gasteiger partial charge in [0.2, 0.25) is 5.91 Å². The number of carbonyl (C=O) groups is 4. The van der Waals surface area contributed by atoms with Gasteiger partial charge in [0.25, 0.3) is 0 Å². The molecular weight excluding hydrogens is 442 g/mol. The molecule has 0 radical (unpaired) electrons. The molecule has 1 aliphatic heterocycles. The molecule has 1 aromatic carbocycles. The largest absolute Gasteiger partial charge is 0.480 e. The second kappa shape index (κ2) is 14.2. The van der Waals surface area contributed by atoms with Crippen LogP contribution in [0.4, 0.5) is 4.79 Å². The third kappa shape index (κ3) is 8.66. The minimum Gasteiger partial charge on any atom is -0.480 e. The van der Waals surface area contributed by atoms with Gasteiger partial charge < -0.3 is 24.8 Å². The molecule has 0 spiro atoms. The van der Waals surface area contributed by atoms with Gasteiger partial charge in [0, 0.05) is 13.1 Å². The number of hydrogen-bond acceptors (Lipinski definition) is 7. The van der Waals surface area contributed by atoms with Crippen molar-refractivity contribution in [3.8, 4) is 0 Å². The van der Waals surface area contributed by atoms with E-state index in [4.69, 9.17) is 9.47 Å². The maximum Gasteiger partial charge on any atom is 0.407 e. The van der Waals surface area contributed by atoms with Crippen LogP contribution in [0.1, 0.15) is 51.5 Å². The highest BCUT2D eigenvalue weighted by Gasteiger charge is 2.36. The molecule has 3 N–H and O–H groups in total. The van der Waals surface area contributed by atoms with E-state index in [-0.39, 0.29) is 19.1 Å². The quantitative estimate of drug-likeness (QED) is 0.290. The number of carbonyl (C=O) groups excluding carboxylic acids is 3. The van der Waals surface area contributed by atoms with Crippen molar-refractivity contribution in [1.82, 2.24) is 15.5 Å². The van der Waals surface area contributed by atoms with Crippen LogP contribution in [0, 0.1) is 0 Å². The lowest BCUT2D eigenvalue weighted by Gasteiger charge is -2.27. The number of unbranched alkanes of at least 4 members (excludes halogenated alkanes) is 1. The van der Waals surface area contributed by atoms with Gasteiger partial charge in [-0.2, -0.15) is 0 Å². The number of nitrogens with one attached hydrogen (secondary N) is 2. The van der Waals surface area contributed by atoms with Gasteiger partial charge in [-0.15, -0.1) is 0 Å². The van der Waals surface area contributed by atoms with Crippen LogP contribution < -0.4 is 10.6 Å². The molecule has 2 amide bonds. The van der Waals surface area contributed by atoms with Crippen molar-refractivity contribution in [2.75, 3.05) is 19.7 Å². The SMILES string of the molecule is CCOC(=O)[C@H](CCCCNC(=O)OCc1ccccc1)N[C@H](C)C(=O)N1CCC[C@H]1C(=O)O. The Morgan fingerprint density at radius 1 is 1.15 bits per heavy atom. The van der Waals surface area contributed by atoms with Crippen molar-refractivity contribution < 1.29 is 33.8 Å². The monoisotopic (exact) mass is 477 g/mol. The Kier molecular flexibility index (Phi) is 11.3. The summed E-state index contributed by atoms with van der Waals surface area (Å²) in [6.45, 7) is 4.49. The van der Waals surface area contributed by atoms with E-state index < -0.39 is 36.2 Å². The fourth-order valence-corrected chi connectivity index (χ4v) is 3.86. The van der Waals surface area contributed by atoms with Gasteiger partial charge in [0.05, 0.1) is 12.6 Å². The summed E-state index contributed by atoms with van der Waals surface area (Å²) >= 11 is 0. The molecule has 10 nitrogen and oxygen atoms in total. The molecule has 0 unspecified atom stereocenters. The Hall–Kier alpha value is -3.14. The maximum atomic E-state index is 12.8. The number of benzene rings is 1. The lowest BCUT2D eigenvalue weighted by Crippen LogP contribution is -2.53. The Morgan fingerprint density at radius 3 is 2.56 bits per heavy atom. The highest BCUT2D eigenvalue weighted by atomic mass is 16.5. The van der Waals surface area contributed by atoms with E-state index >= 15 is 0 Å². The first-order chi connectivity index (χ1) is 16.3. The van der Waals surface area contributed by atoms with E-state index in [0.29, 0.717) is 45.2 Å². The van der Waals surface area contributed by atoms with Crippen LogP contribution in [0.15, 0.2) is 30.3 Å². The van der Waals surface area contributed by atoms with Gasteiger partial charge in [-0.05, 0) is 51.5 Å². The van der Waals surface area contributed by atoms with Crippen LogP contribution >= 0.6 is 0 Å². The summed E-state index contributed by atoms with van der Waals surface area (Å²) in [7, 11) is 0. The van der Waals surface area contributed by atoms with Gasteiger partial charge in [-0.25, -0.2) is 9.59 Å². The van der Waals surface area contributed by atoms with E-state index in [9.17, 15) is 24.3 Å². The van der Waals surface area contributed by atoms with Crippen molar-refractivity contribution in [2.45, 2.75) is 70.7 Å². The van der Waals surface area contributed by atoms with Gasteiger partial charge in [-0.3, -0.25) is 14.9 Å². The Balaban J connectivity index is 1.76. The zero-order valence-corrected chi connectivity index (χ0v) is 19.8. The first-order valence-electron chi connectivity index (χ1n) is 11.7. The van der Waals surface area contributed by atoms with E-state index in [2.05, 4.69) is 10.6 Å². The molecule has 1 aliphatic rings. The average molecular weight is 478 g/mol. The minimum atomic E-state index is -1.02. The number of hydrogen-bond donors (Lipinski definition) is 3. The Bertz CT molecular complexity index is 818. The summed E-state index contributed by atoms with van der Waals surface area (Å²) in [6.07, 6.45) is 2.15. The predicted molar refractivity (Wildman–Crippen MR) is 124 cm³/mol. The van der Waals surface area contributed by atoms with Crippen LogP contribution in [0.25, 0.3) is 0 Å². The third-order valence-electron chi connectivity index (χ3n) is 5.62. The van der Waals surface area contributed by atoms with Gasteiger partial charge >= 0.3 is 18.0 Å². The van der Waals surface area contributed by atoms with E-state index in [1.54, 1.807) is 13.8 Å². The lowest BCUT2D eigenvalue weighted by molar-refractivity contribution is -0.150. The molecule has 0 saturated carbocycles. The van der Waals surface area contributed by atoms with E-state index in [1.807, 2.05) is 30.3 Å². The van der Waals surface area contributed by atoms with Crippen LogP contribution in [0.2, 0.25) is 0 Å². The molecule has 2 rings (SSSR count). The summed E-state index contributed by atoms with van der Waals surface area (Å²) < 4.78 is 10.3. The van der Waals surface area contributed by atoms with Crippen molar-refractivity contribution >= 4 is 23.9 Å². The molecule has 1 fully saturated rings. The molecule has 1 aromatic rings. The van der Waals surface area contributed by atoms with Crippen LogP contribution in [-0.4, -0.2) is 71.8 Å². The highest BCUT2D eigenvalue weighted by molar-refractivity contribution is 5.88. The molecule has 34 heavy (non-hydrogen) atoms. The van der Waals surface area contributed by atoms with Crippen molar-refractivity contribution in [3.05, 3.63) is 35.9 Å². The number of carboxylic acids is 1. The number of nitrogens with zero attached hydrogens (tertiary/aromatic N) is 1. The third-order valence-corrected chi connectivity index (χ3v) is 5.62. The predicted octanol–water partition coefficient (Wildman–Crippen LogP) is 2.07. The molecule has 188 valence electrons. The highest BCUT2D eigenvalue weighted by Crippen LogP contribution is 2.19. The number of esters is 1. The van der Waals surface area contributed by atoms with Crippen molar-refractivity contribution in [2.24, 2.45) is 0 Å². The average Bonchev–Trinajstić information content (AvgIpc) is 3.32. The van der Waals surface area contributed by atoms with E-state index in [0.717, 1.165) is 5.56 Å². The molecular formula is C24H35N3O7. The lowest BCUT2D eigenvalue weighted by atomic mass is 10.1. The standard InChI is InChI=1S/C24H35N3O7/c1-3-33-23(31)19(26-17(2)21(28)27-15-9-13-20(27)22(29)30)12-7-8-14-25-24(32)34-16-18-10-5-4-6-11-18/h4-6,10-11,17,19-20,26H,3,7-9,12-16H2,1-2H3,(H,25,32)(H,29,30)/t17-,19+,20+/m1/s1. The fourth-order valence-electron chi connectivity index (χ4n) is 3.86. The summed E-state index contributed by atoms with van der Waals surface area (Å²) in [4.78, 5) is 49.7. The van der Waals surface area contributed by atoms with Crippen LogP contribution in [0.5, 0.6) is 0 Å². The topological polar surface area (TPSA) is 134 Å². The number of rotatable bonds is 13. The zero-order valence-electron chi connectivity index (χ0n) is 19.8. The summed E-state index contributed by atoms with van der Waals surface area (Å²) in [5.74, 6) is -1.83. The summed E-state index contributed by atoms with van der Waals surface area (Å²) in [5.41, 5.74) is 0.897. The molecule has 10 heteroatoms. The zero-order chi connectivity index (χ0) is 24.9. The first kappa shape index (κ1) is 27.1. The van der Waals surface area contributed by atoms with Crippen molar-refractivity contribution in [1.29, 1.82) is 0 Å². The number of ether oxygens (including phenoxy) is 2. The van der Waals surface area contributed by atoms with Crippen LogP contribution in [0.3, 0.4) is 0 Å². The normalized spacial score (nSPS) is 17.0. The second-order valence-corrected chi connectivity index (χ2v) is 8.21. The smallest absolute Gasteiger partial charge is 0.407 e. The fraction of sp³-hybridized carbons (Fsp3) is 0.583. The second-order valence-electron chi connectivity index (χ2n) is 8.21. The molecule has 3 atom stereocenters.